The first-order chi connectivity index (χ1) is 9.43. The highest BCUT2D eigenvalue weighted by Crippen LogP contribution is 2.39. The molecule has 0 saturated carbocycles. The predicted octanol–water partition coefficient (Wildman–Crippen LogP) is 4.16. The van der Waals surface area contributed by atoms with Crippen molar-refractivity contribution in [3.8, 4) is 0 Å². The first kappa shape index (κ1) is 15.8. The Balaban J connectivity index is 2.38. The van der Waals surface area contributed by atoms with Crippen LogP contribution in [0.3, 0.4) is 0 Å². The van der Waals surface area contributed by atoms with Crippen LogP contribution in [0.25, 0.3) is 0 Å². The fourth-order valence-electron chi connectivity index (χ4n) is 2.72. The zero-order valence-electron chi connectivity index (χ0n) is 11.1. The number of alkyl halides is 3. The normalized spacial score (nSPS) is 21.8. The van der Waals surface area contributed by atoms with Crippen molar-refractivity contribution in [3.05, 3.63) is 33.8 Å². The number of benzene rings is 1. The molecule has 1 heterocycles. The Morgan fingerprint density at radius 2 is 2.15 bits per heavy atom. The second kappa shape index (κ2) is 6.45. The third kappa shape index (κ3) is 3.54. The molecule has 0 radical (unpaired) electrons. The zero-order valence-corrected chi connectivity index (χ0v) is 12.7. The average Bonchev–Trinajstić information content (AvgIpc) is 2.41. The highest BCUT2D eigenvalue weighted by atomic mass is 79.9. The lowest BCUT2D eigenvalue weighted by Crippen LogP contribution is -2.32. The molecule has 0 bridgehead atoms. The van der Waals surface area contributed by atoms with Gasteiger partial charge in [0.1, 0.15) is 0 Å². The van der Waals surface area contributed by atoms with E-state index < -0.39 is 11.7 Å². The van der Waals surface area contributed by atoms with Crippen molar-refractivity contribution in [1.29, 1.82) is 0 Å². The summed E-state index contributed by atoms with van der Waals surface area (Å²) in [6.07, 6.45) is -2.59. The maximum Gasteiger partial charge on any atom is 0.416 e. The Bertz CT molecular complexity index is 458. The minimum atomic E-state index is -4.36. The number of ether oxygens (including phenoxy) is 1. The number of hydrogen-bond donors (Lipinski definition) is 1. The van der Waals surface area contributed by atoms with Crippen molar-refractivity contribution in [1.82, 2.24) is 5.32 Å². The van der Waals surface area contributed by atoms with E-state index in [2.05, 4.69) is 21.2 Å². The molecule has 1 N–H and O–H groups in total. The van der Waals surface area contributed by atoms with Crippen LogP contribution in [0.2, 0.25) is 0 Å². The van der Waals surface area contributed by atoms with Gasteiger partial charge in [0.25, 0.3) is 0 Å². The molecular formula is C14H17BrF3NO. The monoisotopic (exact) mass is 351 g/mol. The lowest BCUT2D eigenvalue weighted by molar-refractivity contribution is -0.138. The van der Waals surface area contributed by atoms with Crippen LogP contribution in [-0.4, -0.2) is 20.3 Å². The molecule has 20 heavy (non-hydrogen) atoms. The van der Waals surface area contributed by atoms with Crippen LogP contribution in [0.15, 0.2) is 22.7 Å². The first-order valence-corrected chi connectivity index (χ1v) is 7.34. The van der Waals surface area contributed by atoms with Crippen molar-refractivity contribution in [3.63, 3.8) is 0 Å². The molecule has 112 valence electrons. The molecule has 0 aliphatic carbocycles. The molecule has 1 aliphatic rings. The van der Waals surface area contributed by atoms with E-state index in [0.717, 1.165) is 18.9 Å². The van der Waals surface area contributed by atoms with Crippen molar-refractivity contribution in [2.75, 3.05) is 20.3 Å². The number of rotatable bonds is 3. The van der Waals surface area contributed by atoms with Crippen molar-refractivity contribution < 1.29 is 17.9 Å². The van der Waals surface area contributed by atoms with Crippen LogP contribution in [0.5, 0.6) is 0 Å². The molecule has 2 rings (SSSR count). The largest absolute Gasteiger partial charge is 0.416 e. The van der Waals surface area contributed by atoms with Gasteiger partial charge >= 0.3 is 6.18 Å². The summed E-state index contributed by atoms with van der Waals surface area (Å²) in [6.45, 7) is 1.19. The van der Waals surface area contributed by atoms with Gasteiger partial charge in [-0.1, -0.05) is 22.0 Å². The number of hydrogen-bond acceptors (Lipinski definition) is 2. The maximum absolute atomic E-state index is 13.2. The quantitative estimate of drug-likeness (QED) is 0.882. The third-order valence-corrected chi connectivity index (χ3v) is 4.13. The fraction of sp³-hybridized carbons (Fsp3) is 0.571. The van der Waals surface area contributed by atoms with Gasteiger partial charge in [-0.25, -0.2) is 0 Å². The van der Waals surface area contributed by atoms with Gasteiger partial charge in [0, 0.05) is 23.0 Å². The molecule has 6 heteroatoms. The van der Waals surface area contributed by atoms with Crippen molar-refractivity contribution >= 4 is 15.9 Å². The molecule has 1 saturated heterocycles. The Hall–Kier alpha value is -0.590. The summed E-state index contributed by atoms with van der Waals surface area (Å²) in [5.41, 5.74) is -0.296. The SMILES string of the molecule is CNC(c1ccc(Br)cc1C(F)(F)F)C1CCCOC1. The van der Waals surface area contributed by atoms with Crippen LogP contribution >= 0.6 is 15.9 Å². The Kier molecular flexibility index (Phi) is 5.09. The highest BCUT2D eigenvalue weighted by Gasteiger charge is 2.37. The van der Waals surface area contributed by atoms with Crippen LogP contribution in [0.4, 0.5) is 13.2 Å². The Morgan fingerprint density at radius 3 is 2.70 bits per heavy atom. The molecule has 1 aliphatic heterocycles. The number of nitrogens with one attached hydrogen (secondary N) is 1. The molecule has 1 aromatic carbocycles. The summed E-state index contributed by atoms with van der Waals surface area (Å²) >= 11 is 3.11. The second-order valence-electron chi connectivity index (χ2n) is 4.97. The topological polar surface area (TPSA) is 21.3 Å². The molecular weight excluding hydrogens is 335 g/mol. The van der Waals surface area contributed by atoms with Gasteiger partial charge in [-0.05, 0) is 37.6 Å². The third-order valence-electron chi connectivity index (χ3n) is 3.63. The lowest BCUT2D eigenvalue weighted by Gasteiger charge is -2.32. The summed E-state index contributed by atoms with van der Waals surface area (Å²) in [6, 6.07) is 3.99. The molecule has 1 aromatic rings. The molecule has 2 unspecified atom stereocenters. The van der Waals surface area contributed by atoms with Gasteiger partial charge in [-0.3, -0.25) is 0 Å². The minimum Gasteiger partial charge on any atom is -0.381 e. The van der Waals surface area contributed by atoms with Gasteiger partial charge in [0.05, 0.1) is 12.2 Å². The van der Waals surface area contributed by atoms with E-state index in [1.165, 1.54) is 0 Å². The Morgan fingerprint density at radius 1 is 1.40 bits per heavy atom. The van der Waals surface area contributed by atoms with Crippen molar-refractivity contribution in [2.45, 2.75) is 25.1 Å². The van der Waals surface area contributed by atoms with Gasteiger partial charge in [0.15, 0.2) is 0 Å². The first-order valence-electron chi connectivity index (χ1n) is 6.55. The van der Waals surface area contributed by atoms with Gasteiger partial charge in [-0.15, -0.1) is 0 Å². The van der Waals surface area contributed by atoms with Crippen LogP contribution in [-0.2, 0) is 10.9 Å². The van der Waals surface area contributed by atoms with Crippen molar-refractivity contribution in [2.24, 2.45) is 5.92 Å². The molecule has 0 amide bonds. The lowest BCUT2D eigenvalue weighted by atomic mass is 9.86. The van der Waals surface area contributed by atoms with E-state index in [1.807, 2.05) is 0 Å². The van der Waals surface area contributed by atoms with E-state index >= 15 is 0 Å². The summed E-state index contributed by atoms with van der Waals surface area (Å²) in [7, 11) is 1.70. The van der Waals surface area contributed by atoms with E-state index in [9.17, 15) is 13.2 Å². The predicted molar refractivity (Wildman–Crippen MR) is 74.5 cm³/mol. The zero-order chi connectivity index (χ0) is 14.8. The number of halogens is 4. The standard InChI is InChI=1S/C14H17BrF3NO/c1-19-13(9-3-2-6-20-8-9)11-5-4-10(15)7-12(11)14(16,17)18/h4-5,7,9,13,19H,2-3,6,8H2,1H3. The second-order valence-corrected chi connectivity index (χ2v) is 5.89. The van der Waals surface area contributed by atoms with Crippen LogP contribution in [0, 0.1) is 5.92 Å². The van der Waals surface area contributed by atoms with Gasteiger partial charge in [-0.2, -0.15) is 13.2 Å². The maximum atomic E-state index is 13.2. The van der Waals surface area contributed by atoms with E-state index in [1.54, 1.807) is 19.2 Å². The smallest absolute Gasteiger partial charge is 0.381 e. The van der Waals surface area contributed by atoms with Gasteiger partial charge in [0.2, 0.25) is 0 Å². The molecule has 2 atom stereocenters. The summed E-state index contributed by atoms with van der Waals surface area (Å²) in [5, 5.41) is 3.02. The fourth-order valence-corrected chi connectivity index (χ4v) is 3.08. The average molecular weight is 352 g/mol. The summed E-state index contributed by atoms with van der Waals surface area (Å²) in [5.74, 6) is 0.0658. The summed E-state index contributed by atoms with van der Waals surface area (Å²) in [4.78, 5) is 0. The van der Waals surface area contributed by atoms with Crippen LogP contribution < -0.4 is 5.32 Å². The molecule has 0 spiro atoms. The highest BCUT2D eigenvalue weighted by molar-refractivity contribution is 9.10. The Labute approximate surface area is 124 Å². The van der Waals surface area contributed by atoms with E-state index in [0.29, 0.717) is 23.2 Å². The molecule has 0 aromatic heterocycles. The molecule has 2 nitrogen and oxygen atoms in total. The van der Waals surface area contributed by atoms with E-state index in [4.69, 9.17) is 4.74 Å². The molecule has 1 fully saturated rings. The van der Waals surface area contributed by atoms with Crippen LogP contribution in [0.1, 0.15) is 30.0 Å². The van der Waals surface area contributed by atoms with E-state index in [-0.39, 0.29) is 12.0 Å². The summed E-state index contributed by atoms with van der Waals surface area (Å²) < 4.78 is 45.5. The van der Waals surface area contributed by atoms with Gasteiger partial charge < -0.3 is 10.1 Å². The minimum absolute atomic E-state index is 0.0658.